The van der Waals surface area contributed by atoms with Crippen molar-refractivity contribution < 1.29 is 19.1 Å². The first-order valence-corrected chi connectivity index (χ1v) is 12.3. The van der Waals surface area contributed by atoms with Crippen molar-refractivity contribution in [1.29, 1.82) is 0 Å². The molecular weight excluding hydrogens is 376 g/mol. The lowest BCUT2D eigenvalue weighted by Gasteiger charge is -2.55. The number of Topliss-reactive ketones (excluding diaryl/α,β-unsaturated/α-hetero) is 1. The van der Waals surface area contributed by atoms with E-state index in [4.69, 9.17) is 4.74 Å². The van der Waals surface area contributed by atoms with Gasteiger partial charge in [0.05, 0.1) is 0 Å². The molecule has 0 saturated heterocycles. The first-order chi connectivity index (χ1) is 14.3. The molecule has 4 aliphatic rings. The normalized spacial score (nSPS) is 40.1. The van der Waals surface area contributed by atoms with Gasteiger partial charge in [-0.25, -0.2) is 0 Å². The Hall–Kier alpha value is -1.45. The summed E-state index contributed by atoms with van der Waals surface area (Å²) in [5, 5.41) is 0. The molecule has 166 valence electrons. The third-order valence-electron chi connectivity index (χ3n) is 9.26. The Morgan fingerprint density at radius 1 is 1.07 bits per heavy atom. The molecule has 0 aromatic heterocycles. The van der Waals surface area contributed by atoms with E-state index in [0.29, 0.717) is 48.7 Å². The average molecular weight is 415 g/mol. The van der Waals surface area contributed by atoms with Crippen LogP contribution in [0.15, 0.2) is 11.6 Å². The van der Waals surface area contributed by atoms with Gasteiger partial charge in [-0.2, -0.15) is 0 Å². The molecule has 0 amide bonds. The summed E-state index contributed by atoms with van der Waals surface area (Å²) in [6.45, 7) is 5.99. The summed E-state index contributed by atoms with van der Waals surface area (Å²) in [5.74, 6) is 2.33. The van der Waals surface area contributed by atoms with Gasteiger partial charge < -0.3 is 4.74 Å². The van der Waals surface area contributed by atoms with E-state index in [1.54, 1.807) is 6.92 Å². The second kappa shape index (κ2) is 8.24. The van der Waals surface area contributed by atoms with E-state index in [-0.39, 0.29) is 17.2 Å². The van der Waals surface area contributed by atoms with Crippen LogP contribution in [0.5, 0.6) is 0 Å². The van der Waals surface area contributed by atoms with Gasteiger partial charge in [0, 0.05) is 18.3 Å². The molecular formula is C26H38O4. The van der Waals surface area contributed by atoms with Crippen molar-refractivity contribution in [3.8, 4) is 0 Å². The molecule has 30 heavy (non-hydrogen) atoms. The van der Waals surface area contributed by atoms with E-state index >= 15 is 0 Å². The van der Waals surface area contributed by atoms with Crippen LogP contribution in [0.25, 0.3) is 0 Å². The third kappa shape index (κ3) is 3.39. The van der Waals surface area contributed by atoms with Crippen molar-refractivity contribution in [2.45, 2.75) is 103 Å². The number of hydrogen-bond donors (Lipinski definition) is 0. The van der Waals surface area contributed by atoms with Crippen LogP contribution >= 0.6 is 0 Å². The van der Waals surface area contributed by atoms with Gasteiger partial charge in [-0.3, -0.25) is 14.4 Å². The van der Waals surface area contributed by atoms with E-state index in [0.717, 1.165) is 57.8 Å². The molecule has 0 bridgehead atoms. The number of rotatable bonds is 6. The van der Waals surface area contributed by atoms with Crippen LogP contribution in [0.4, 0.5) is 0 Å². The predicted octanol–water partition coefficient (Wildman–Crippen LogP) is 5.58. The lowest BCUT2D eigenvalue weighted by molar-refractivity contribution is -0.187. The molecule has 4 heteroatoms. The Kier molecular flexibility index (Phi) is 5.98. The largest absolute Gasteiger partial charge is 0.450 e. The van der Waals surface area contributed by atoms with E-state index in [1.165, 1.54) is 5.57 Å². The highest BCUT2D eigenvalue weighted by atomic mass is 16.6. The summed E-state index contributed by atoms with van der Waals surface area (Å²) < 4.78 is 6.14. The SMILES string of the molecule is CCCCCC(=O)OC1(C(C)=O)CC[C@H]2[C@H]3CCC4=CC(=O)CC[C@@H]4[C@H]3CC[C@@]21C. The van der Waals surface area contributed by atoms with Gasteiger partial charge in [0.25, 0.3) is 0 Å². The summed E-state index contributed by atoms with van der Waals surface area (Å²) in [4.78, 5) is 37.6. The van der Waals surface area contributed by atoms with Gasteiger partial charge in [0.1, 0.15) is 0 Å². The fourth-order valence-electron chi connectivity index (χ4n) is 7.76. The maximum Gasteiger partial charge on any atom is 0.306 e. The standard InChI is InChI=1S/C26H38O4/c1-4-5-6-7-24(29)30-26(17(2)27)15-13-23-22-10-8-18-16-19(28)9-11-20(18)21(22)12-14-25(23,26)3/h16,20-23H,4-15H2,1-3H3/t20-,21+,22-,23-,25-,26?/m0/s1. The van der Waals surface area contributed by atoms with Gasteiger partial charge in [0.2, 0.25) is 0 Å². The first kappa shape index (κ1) is 21.8. The van der Waals surface area contributed by atoms with Crippen LogP contribution < -0.4 is 0 Å². The van der Waals surface area contributed by atoms with Crippen molar-refractivity contribution >= 4 is 17.5 Å². The Bertz CT molecular complexity index is 752. The molecule has 0 aromatic rings. The lowest BCUT2D eigenvalue weighted by Crippen LogP contribution is -2.57. The van der Waals surface area contributed by atoms with Crippen LogP contribution in [0.3, 0.4) is 0 Å². The van der Waals surface area contributed by atoms with Gasteiger partial charge in [-0.1, -0.05) is 32.3 Å². The molecule has 4 rings (SSSR count). The predicted molar refractivity (Wildman–Crippen MR) is 116 cm³/mol. The van der Waals surface area contributed by atoms with Gasteiger partial charge in [0.15, 0.2) is 17.2 Å². The number of fused-ring (bicyclic) bond motifs is 5. The molecule has 0 radical (unpaired) electrons. The summed E-state index contributed by atoms with van der Waals surface area (Å²) in [7, 11) is 0. The molecule has 6 atom stereocenters. The molecule has 0 N–H and O–H groups in total. The maximum absolute atomic E-state index is 13.0. The minimum Gasteiger partial charge on any atom is -0.450 e. The Labute approximate surface area is 181 Å². The molecule has 3 saturated carbocycles. The molecule has 4 nitrogen and oxygen atoms in total. The van der Waals surface area contributed by atoms with Crippen LogP contribution in [0.1, 0.15) is 97.8 Å². The summed E-state index contributed by atoms with van der Waals surface area (Å²) >= 11 is 0. The van der Waals surface area contributed by atoms with Gasteiger partial charge in [-0.15, -0.1) is 0 Å². The van der Waals surface area contributed by atoms with Crippen LogP contribution in [-0.4, -0.2) is 23.1 Å². The van der Waals surface area contributed by atoms with Crippen molar-refractivity contribution in [3.63, 3.8) is 0 Å². The Balaban J connectivity index is 1.56. The number of esters is 1. The molecule has 0 heterocycles. The average Bonchev–Trinajstić information content (AvgIpc) is 3.01. The molecule has 0 spiro atoms. The highest BCUT2D eigenvalue weighted by molar-refractivity contribution is 5.91. The number of unbranched alkanes of at least 4 members (excludes halogenated alkanes) is 2. The number of ketones is 2. The highest BCUT2D eigenvalue weighted by Crippen LogP contribution is 2.66. The van der Waals surface area contributed by atoms with Crippen molar-refractivity contribution in [1.82, 2.24) is 0 Å². The van der Waals surface area contributed by atoms with Crippen molar-refractivity contribution in [2.75, 3.05) is 0 Å². The first-order valence-electron chi connectivity index (χ1n) is 12.3. The molecule has 0 aromatic carbocycles. The van der Waals surface area contributed by atoms with Crippen LogP contribution in [0.2, 0.25) is 0 Å². The monoisotopic (exact) mass is 414 g/mol. The van der Waals surface area contributed by atoms with E-state index in [2.05, 4.69) is 13.8 Å². The summed E-state index contributed by atoms with van der Waals surface area (Å²) in [5.41, 5.74) is 0.186. The fourth-order valence-corrected chi connectivity index (χ4v) is 7.76. The molecule has 1 unspecified atom stereocenters. The smallest absolute Gasteiger partial charge is 0.306 e. The van der Waals surface area contributed by atoms with Crippen molar-refractivity contribution in [3.05, 3.63) is 11.6 Å². The summed E-state index contributed by atoms with van der Waals surface area (Å²) in [6, 6.07) is 0. The Morgan fingerprint density at radius 3 is 2.60 bits per heavy atom. The highest BCUT2D eigenvalue weighted by Gasteiger charge is 2.66. The van der Waals surface area contributed by atoms with E-state index < -0.39 is 5.60 Å². The molecule has 0 aliphatic heterocycles. The fraction of sp³-hybridized carbons (Fsp3) is 0.808. The Morgan fingerprint density at radius 2 is 1.87 bits per heavy atom. The number of carbonyl (C=O) groups is 3. The van der Waals surface area contributed by atoms with E-state index in [1.807, 2.05) is 6.08 Å². The molecule has 4 aliphatic carbocycles. The van der Waals surface area contributed by atoms with Crippen molar-refractivity contribution in [2.24, 2.45) is 29.1 Å². The topological polar surface area (TPSA) is 60.4 Å². The number of allylic oxidation sites excluding steroid dienone is 1. The lowest BCUT2D eigenvalue weighted by atomic mass is 9.50. The zero-order chi connectivity index (χ0) is 21.5. The maximum atomic E-state index is 13.0. The van der Waals surface area contributed by atoms with E-state index in [9.17, 15) is 14.4 Å². The van der Waals surface area contributed by atoms with Gasteiger partial charge >= 0.3 is 5.97 Å². The number of carbonyl (C=O) groups excluding carboxylic acids is 3. The zero-order valence-electron chi connectivity index (χ0n) is 19.0. The molecule has 3 fully saturated rings. The minimum absolute atomic E-state index is 0.0365. The van der Waals surface area contributed by atoms with Gasteiger partial charge in [-0.05, 0) is 88.0 Å². The zero-order valence-corrected chi connectivity index (χ0v) is 19.0. The van der Waals surface area contributed by atoms with Crippen LogP contribution in [0, 0.1) is 29.1 Å². The third-order valence-corrected chi connectivity index (χ3v) is 9.26. The minimum atomic E-state index is -0.940. The second-order valence-corrected chi connectivity index (χ2v) is 10.6. The summed E-state index contributed by atoms with van der Waals surface area (Å²) in [6.07, 6.45) is 12.8. The second-order valence-electron chi connectivity index (χ2n) is 10.6. The van der Waals surface area contributed by atoms with Crippen LogP contribution in [-0.2, 0) is 19.1 Å². The number of ether oxygens (including phenoxy) is 1. The quantitative estimate of drug-likeness (QED) is 0.420. The number of hydrogen-bond acceptors (Lipinski definition) is 4.